The van der Waals surface area contributed by atoms with Crippen molar-refractivity contribution >= 4 is 27.7 Å². The summed E-state index contributed by atoms with van der Waals surface area (Å²) >= 11 is 3.18. The summed E-state index contributed by atoms with van der Waals surface area (Å²) in [5.74, 6) is 0. The second kappa shape index (κ2) is 5.09. The lowest BCUT2D eigenvalue weighted by atomic mass is 10.4. The highest BCUT2D eigenvalue weighted by Gasteiger charge is 2.16. The van der Waals surface area contributed by atoms with Crippen LogP contribution in [-0.2, 0) is 4.74 Å². The monoisotopic (exact) mass is 274 g/mol. The number of aromatic nitrogens is 1. The summed E-state index contributed by atoms with van der Waals surface area (Å²) in [6.07, 6.45) is 1.79. The topological polar surface area (TPSA) is 62.7 Å². The van der Waals surface area contributed by atoms with Crippen molar-refractivity contribution in [2.45, 2.75) is 20.0 Å². The number of hydrogen-bond donors (Lipinski definition) is 1. The van der Waals surface area contributed by atoms with E-state index >= 15 is 0 Å². The molecule has 1 heterocycles. The molecule has 0 fully saturated rings. The Bertz CT molecular complexity index is 357. The van der Waals surface area contributed by atoms with Crippen molar-refractivity contribution in [3.05, 3.63) is 22.9 Å². The molecule has 1 aromatic rings. The van der Waals surface area contributed by atoms with Gasteiger partial charge < -0.3 is 4.74 Å². The molecule has 0 atom stereocenters. The Balaban J connectivity index is 2.76. The molecular weight excluding hydrogens is 264 g/mol. The number of amides is 1. The molecule has 0 bridgehead atoms. The zero-order chi connectivity index (χ0) is 11.4. The second-order valence-corrected chi connectivity index (χ2v) is 4.02. The summed E-state index contributed by atoms with van der Waals surface area (Å²) < 4.78 is 5.46. The van der Waals surface area contributed by atoms with Gasteiger partial charge in [-0.3, -0.25) is 10.2 Å². The molecule has 1 amide bonds. The van der Waals surface area contributed by atoms with E-state index < -0.39 is 6.09 Å². The average Bonchev–Trinajstić information content (AvgIpc) is 2.15. The van der Waals surface area contributed by atoms with E-state index in [9.17, 15) is 10.0 Å². The van der Waals surface area contributed by atoms with Gasteiger partial charge in [-0.1, -0.05) is 0 Å². The Morgan fingerprint density at radius 2 is 2.27 bits per heavy atom. The first-order chi connectivity index (χ1) is 7.00. The molecule has 82 valence electrons. The van der Waals surface area contributed by atoms with E-state index in [4.69, 9.17) is 4.74 Å². The van der Waals surface area contributed by atoms with Gasteiger partial charge in [0.1, 0.15) is 0 Å². The highest BCUT2D eigenvalue weighted by atomic mass is 79.9. The van der Waals surface area contributed by atoms with Crippen LogP contribution in [0.15, 0.2) is 22.9 Å². The Kier molecular flexibility index (Phi) is 4.05. The van der Waals surface area contributed by atoms with Gasteiger partial charge in [-0.25, -0.2) is 4.79 Å². The summed E-state index contributed by atoms with van der Waals surface area (Å²) in [7, 11) is 0. The zero-order valence-corrected chi connectivity index (χ0v) is 9.93. The Morgan fingerprint density at radius 3 is 2.80 bits per heavy atom. The predicted octanol–water partition coefficient (Wildman–Crippen LogP) is 2.58. The minimum atomic E-state index is -0.829. The van der Waals surface area contributed by atoms with Crippen molar-refractivity contribution < 1.29 is 14.7 Å². The van der Waals surface area contributed by atoms with Crippen LogP contribution in [0, 0.1) is 0 Å². The van der Waals surface area contributed by atoms with Gasteiger partial charge in [0.2, 0.25) is 0 Å². The number of rotatable bonds is 2. The first-order valence-corrected chi connectivity index (χ1v) is 5.10. The Morgan fingerprint density at radius 1 is 1.60 bits per heavy atom. The number of carbonyl (C=O) groups is 1. The van der Waals surface area contributed by atoms with Crippen LogP contribution in [0.25, 0.3) is 0 Å². The number of halogens is 1. The molecule has 0 spiro atoms. The van der Waals surface area contributed by atoms with Crippen LogP contribution >= 0.6 is 15.9 Å². The maximum Gasteiger partial charge on any atom is 0.438 e. The Labute approximate surface area is 95.8 Å². The van der Waals surface area contributed by atoms with Gasteiger partial charge in [-0.2, -0.15) is 5.06 Å². The van der Waals surface area contributed by atoms with E-state index in [2.05, 4.69) is 20.9 Å². The first kappa shape index (κ1) is 11.9. The fourth-order valence-electron chi connectivity index (χ4n) is 0.873. The van der Waals surface area contributed by atoms with Crippen LogP contribution in [0.5, 0.6) is 0 Å². The lowest BCUT2D eigenvalue weighted by Gasteiger charge is -2.16. The molecular formula is C9H11BrN2O3. The van der Waals surface area contributed by atoms with Crippen LogP contribution in [0.3, 0.4) is 0 Å². The smallest absolute Gasteiger partial charge is 0.438 e. The third-order valence-corrected chi connectivity index (χ3v) is 1.88. The molecule has 0 saturated carbocycles. The van der Waals surface area contributed by atoms with Gasteiger partial charge in [0.15, 0.2) is 0 Å². The maximum absolute atomic E-state index is 11.3. The van der Waals surface area contributed by atoms with E-state index in [0.29, 0.717) is 9.54 Å². The number of ether oxygens (including phenoxy) is 1. The molecule has 1 N–H and O–H groups in total. The number of pyridine rings is 1. The average molecular weight is 275 g/mol. The van der Waals surface area contributed by atoms with E-state index in [1.54, 1.807) is 26.1 Å². The molecule has 0 aliphatic heterocycles. The SMILES string of the molecule is CC(C)OC(=O)N(O)c1cncc(Br)c1. The number of hydrogen-bond acceptors (Lipinski definition) is 4. The number of nitrogens with zero attached hydrogens (tertiary/aromatic N) is 2. The highest BCUT2D eigenvalue weighted by molar-refractivity contribution is 9.10. The van der Waals surface area contributed by atoms with Gasteiger partial charge >= 0.3 is 6.09 Å². The van der Waals surface area contributed by atoms with Crippen molar-refractivity contribution in [2.75, 3.05) is 5.06 Å². The quantitative estimate of drug-likeness (QED) is 0.665. The second-order valence-electron chi connectivity index (χ2n) is 3.11. The largest absolute Gasteiger partial charge is 0.445 e. The minimum Gasteiger partial charge on any atom is -0.445 e. The van der Waals surface area contributed by atoms with Gasteiger partial charge in [-0.05, 0) is 35.8 Å². The summed E-state index contributed by atoms with van der Waals surface area (Å²) in [5.41, 5.74) is 0.245. The van der Waals surface area contributed by atoms with Gasteiger partial charge in [0, 0.05) is 10.7 Å². The molecule has 1 rings (SSSR count). The summed E-state index contributed by atoms with van der Waals surface area (Å²) in [6, 6.07) is 1.55. The summed E-state index contributed by atoms with van der Waals surface area (Å²) in [6.45, 7) is 3.40. The van der Waals surface area contributed by atoms with Crippen molar-refractivity contribution in [1.29, 1.82) is 0 Å². The van der Waals surface area contributed by atoms with E-state index in [0.717, 1.165) is 0 Å². The van der Waals surface area contributed by atoms with Crippen molar-refractivity contribution in [3.63, 3.8) is 0 Å². The van der Waals surface area contributed by atoms with Gasteiger partial charge in [0.05, 0.1) is 18.0 Å². The third kappa shape index (κ3) is 3.49. The molecule has 1 aromatic heterocycles. The molecule has 0 aliphatic carbocycles. The zero-order valence-electron chi connectivity index (χ0n) is 8.35. The minimum absolute atomic E-state index is 0.245. The molecule has 6 heteroatoms. The molecule has 0 aliphatic rings. The van der Waals surface area contributed by atoms with Gasteiger partial charge in [0.25, 0.3) is 0 Å². The lowest BCUT2D eigenvalue weighted by Crippen LogP contribution is -2.29. The molecule has 0 saturated heterocycles. The summed E-state index contributed by atoms with van der Waals surface area (Å²) in [4.78, 5) is 15.1. The number of carbonyl (C=O) groups excluding carboxylic acids is 1. The fourth-order valence-corrected chi connectivity index (χ4v) is 1.23. The van der Waals surface area contributed by atoms with Crippen molar-refractivity contribution in [2.24, 2.45) is 0 Å². The van der Waals surface area contributed by atoms with Crippen LogP contribution in [0.2, 0.25) is 0 Å². The molecule has 0 aromatic carbocycles. The van der Waals surface area contributed by atoms with E-state index in [1.807, 2.05) is 0 Å². The normalized spacial score (nSPS) is 10.2. The number of hydroxylamine groups is 1. The first-order valence-electron chi connectivity index (χ1n) is 4.31. The molecule has 5 nitrogen and oxygen atoms in total. The van der Waals surface area contributed by atoms with Crippen LogP contribution in [0.1, 0.15) is 13.8 Å². The lowest BCUT2D eigenvalue weighted by molar-refractivity contribution is 0.0948. The van der Waals surface area contributed by atoms with Crippen LogP contribution < -0.4 is 5.06 Å². The standard InChI is InChI=1S/C9H11BrN2O3/c1-6(2)15-9(13)12(14)8-3-7(10)4-11-5-8/h3-6,14H,1-2H3. The van der Waals surface area contributed by atoms with Crippen molar-refractivity contribution in [1.82, 2.24) is 4.98 Å². The van der Waals surface area contributed by atoms with Gasteiger partial charge in [-0.15, -0.1) is 0 Å². The molecule has 0 radical (unpaired) electrons. The van der Waals surface area contributed by atoms with E-state index in [1.165, 1.54) is 6.20 Å². The third-order valence-electron chi connectivity index (χ3n) is 1.44. The molecule has 0 unspecified atom stereocenters. The highest BCUT2D eigenvalue weighted by Crippen LogP contribution is 2.17. The number of anilines is 1. The maximum atomic E-state index is 11.3. The predicted molar refractivity (Wildman–Crippen MR) is 57.8 cm³/mol. The van der Waals surface area contributed by atoms with Crippen LogP contribution in [-0.4, -0.2) is 22.4 Å². The van der Waals surface area contributed by atoms with Crippen molar-refractivity contribution in [3.8, 4) is 0 Å². The van der Waals surface area contributed by atoms with E-state index in [-0.39, 0.29) is 11.8 Å². The summed E-state index contributed by atoms with van der Waals surface area (Å²) in [5, 5.41) is 9.87. The van der Waals surface area contributed by atoms with Crippen LogP contribution in [0.4, 0.5) is 10.5 Å². The molecule has 15 heavy (non-hydrogen) atoms. The Hall–Kier alpha value is -1.14. The fraction of sp³-hybridized carbons (Fsp3) is 0.333.